The summed E-state index contributed by atoms with van der Waals surface area (Å²) in [6.07, 6.45) is -4.87. The van der Waals surface area contributed by atoms with Crippen molar-refractivity contribution in [1.29, 1.82) is 5.26 Å². The summed E-state index contributed by atoms with van der Waals surface area (Å²) in [7, 11) is 0. The van der Waals surface area contributed by atoms with Crippen molar-refractivity contribution in [3.05, 3.63) is 28.3 Å². The van der Waals surface area contributed by atoms with Gasteiger partial charge in [-0.05, 0) is 17.7 Å². The molecule has 0 aromatic heterocycles. The Bertz CT molecular complexity index is 423. The summed E-state index contributed by atoms with van der Waals surface area (Å²) in [6, 6.07) is 3.55. The van der Waals surface area contributed by atoms with Gasteiger partial charge in [-0.25, -0.2) is 0 Å². The van der Waals surface area contributed by atoms with Gasteiger partial charge in [0.05, 0.1) is 23.1 Å². The first kappa shape index (κ1) is 11.7. The highest BCUT2D eigenvalue weighted by molar-refractivity contribution is 6.32. The molecule has 0 radical (unpaired) electrons. The number of phenols is 1. The number of benzene rings is 1. The highest BCUT2D eigenvalue weighted by Gasteiger charge is 2.35. The molecule has 0 saturated carbocycles. The van der Waals surface area contributed by atoms with Crippen molar-refractivity contribution in [1.82, 2.24) is 0 Å². The number of hydrogen-bond donors (Lipinski definition) is 1. The van der Waals surface area contributed by atoms with Crippen LogP contribution in [-0.4, -0.2) is 5.11 Å². The standard InChI is InChI=1S/C9H5ClF3NO/c10-7-4-5(1-2-14)3-6(8(7)15)9(11,12)13/h3-4,15H,1H2. The molecule has 0 unspecified atom stereocenters. The molecule has 1 rings (SSSR count). The molecule has 6 heteroatoms. The monoisotopic (exact) mass is 235 g/mol. The molecule has 0 aliphatic rings. The number of aromatic hydroxyl groups is 1. The van der Waals surface area contributed by atoms with Crippen molar-refractivity contribution in [2.75, 3.05) is 0 Å². The molecule has 1 N–H and O–H groups in total. The van der Waals surface area contributed by atoms with Gasteiger partial charge in [0, 0.05) is 0 Å². The van der Waals surface area contributed by atoms with Gasteiger partial charge in [0.25, 0.3) is 0 Å². The Morgan fingerprint density at radius 1 is 1.40 bits per heavy atom. The molecule has 0 amide bonds. The Morgan fingerprint density at radius 3 is 2.47 bits per heavy atom. The fourth-order valence-corrected chi connectivity index (χ4v) is 1.31. The minimum absolute atomic E-state index is 0.118. The Labute approximate surface area is 88.5 Å². The third-order valence-electron chi connectivity index (χ3n) is 1.71. The van der Waals surface area contributed by atoms with E-state index in [0.717, 1.165) is 6.07 Å². The smallest absolute Gasteiger partial charge is 0.420 e. The topological polar surface area (TPSA) is 44.0 Å². The zero-order valence-electron chi connectivity index (χ0n) is 7.27. The van der Waals surface area contributed by atoms with Crippen LogP contribution in [0.15, 0.2) is 12.1 Å². The van der Waals surface area contributed by atoms with E-state index in [1.165, 1.54) is 0 Å². The van der Waals surface area contributed by atoms with Gasteiger partial charge in [-0.15, -0.1) is 0 Å². The van der Waals surface area contributed by atoms with Crippen LogP contribution in [0.1, 0.15) is 11.1 Å². The normalized spacial score (nSPS) is 11.1. The van der Waals surface area contributed by atoms with Gasteiger partial charge in [0.1, 0.15) is 5.75 Å². The van der Waals surface area contributed by atoms with Crippen LogP contribution < -0.4 is 0 Å². The molecule has 0 atom stereocenters. The maximum absolute atomic E-state index is 12.3. The summed E-state index contributed by atoms with van der Waals surface area (Å²) in [4.78, 5) is 0. The summed E-state index contributed by atoms with van der Waals surface area (Å²) < 4.78 is 37.0. The molecular weight excluding hydrogens is 231 g/mol. The molecule has 0 spiro atoms. The van der Waals surface area contributed by atoms with Crippen LogP contribution in [0.5, 0.6) is 5.75 Å². The maximum Gasteiger partial charge on any atom is 0.420 e. The summed E-state index contributed by atoms with van der Waals surface area (Å²) >= 11 is 5.40. The molecule has 15 heavy (non-hydrogen) atoms. The van der Waals surface area contributed by atoms with Crippen molar-refractivity contribution >= 4 is 11.6 Å². The number of halogens is 4. The first-order chi connectivity index (χ1) is 6.86. The van der Waals surface area contributed by atoms with Gasteiger partial charge in [-0.1, -0.05) is 11.6 Å². The Balaban J connectivity index is 3.33. The van der Waals surface area contributed by atoms with Gasteiger partial charge >= 0.3 is 6.18 Å². The number of nitrogens with zero attached hydrogens (tertiary/aromatic N) is 1. The van der Waals surface area contributed by atoms with E-state index < -0.39 is 22.5 Å². The SMILES string of the molecule is N#CCc1cc(Cl)c(O)c(C(F)(F)F)c1. The second-order valence-corrected chi connectivity index (χ2v) is 3.21. The first-order valence-corrected chi connectivity index (χ1v) is 4.19. The lowest BCUT2D eigenvalue weighted by atomic mass is 10.1. The minimum Gasteiger partial charge on any atom is -0.506 e. The van der Waals surface area contributed by atoms with E-state index in [9.17, 15) is 13.2 Å². The highest BCUT2D eigenvalue weighted by atomic mass is 35.5. The van der Waals surface area contributed by atoms with Crippen LogP contribution in [0.3, 0.4) is 0 Å². The van der Waals surface area contributed by atoms with E-state index in [2.05, 4.69) is 0 Å². The lowest BCUT2D eigenvalue weighted by molar-refractivity contribution is -0.138. The van der Waals surface area contributed by atoms with Crippen LogP contribution in [-0.2, 0) is 12.6 Å². The Hall–Kier alpha value is -1.41. The average molecular weight is 236 g/mol. The molecule has 0 saturated heterocycles. The third kappa shape index (κ3) is 2.54. The van der Waals surface area contributed by atoms with Gasteiger partial charge in [-0.3, -0.25) is 0 Å². The second kappa shape index (κ2) is 3.99. The molecule has 0 bridgehead atoms. The lowest BCUT2D eigenvalue weighted by Gasteiger charge is -2.11. The van der Waals surface area contributed by atoms with Gasteiger partial charge in [-0.2, -0.15) is 18.4 Å². The van der Waals surface area contributed by atoms with Crippen molar-refractivity contribution in [2.45, 2.75) is 12.6 Å². The number of hydrogen-bond acceptors (Lipinski definition) is 2. The summed E-state index contributed by atoms with van der Waals surface area (Å²) in [5, 5.41) is 17.0. The average Bonchev–Trinajstić information content (AvgIpc) is 2.09. The molecular formula is C9H5ClF3NO. The van der Waals surface area contributed by atoms with Crippen LogP contribution >= 0.6 is 11.6 Å². The van der Waals surface area contributed by atoms with E-state index in [1.807, 2.05) is 0 Å². The van der Waals surface area contributed by atoms with Crippen LogP contribution in [0, 0.1) is 11.3 Å². The van der Waals surface area contributed by atoms with E-state index in [4.69, 9.17) is 22.0 Å². The lowest BCUT2D eigenvalue weighted by Crippen LogP contribution is -2.06. The number of nitriles is 1. The number of phenolic OH excluding ortho intramolecular Hbond substituents is 1. The second-order valence-electron chi connectivity index (χ2n) is 2.81. The molecule has 0 aliphatic carbocycles. The maximum atomic E-state index is 12.3. The van der Waals surface area contributed by atoms with E-state index in [0.29, 0.717) is 6.07 Å². The fraction of sp³-hybridized carbons (Fsp3) is 0.222. The molecule has 0 aliphatic heterocycles. The van der Waals surface area contributed by atoms with E-state index in [-0.39, 0.29) is 12.0 Å². The van der Waals surface area contributed by atoms with Crippen LogP contribution in [0.2, 0.25) is 5.02 Å². The minimum atomic E-state index is -4.68. The molecule has 0 fully saturated rings. The zero-order chi connectivity index (χ0) is 11.6. The quantitative estimate of drug-likeness (QED) is 0.813. The van der Waals surface area contributed by atoms with E-state index >= 15 is 0 Å². The van der Waals surface area contributed by atoms with Crippen LogP contribution in [0.25, 0.3) is 0 Å². The molecule has 0 heterocycles. The zero-order valence-corrected chi connectivity index (χ0v) is 8.02. The number of alkyl halides is 3. The predicted molar refractivity (Wildman–Crippen MR) is 47.4 cm³/mol. The first-order valence-electron chi connectivity index (χ1n) is 3.81. The van der Waals surface area contributed by atoms with Gasteiger partial charge in [0.2, 0.25) is 0 Å². The van der Waals surface area contributed by atoms with E-state index in [1.54, 1.807) is 6.07 Å². The molecule has 1 aromatic rings. The summed E-state index contributed by atoms with van der Waals surface area (Å²) in [6.45, 7) is 0. The fourth-order valence-electron chi connectivity index (χ4n) is 1.06. The van der Waals surface area contributed by atoms with Crippen molar-refractivity contribution in [3.8, 4) is 11.8 Å². The largest absolute Gasteiger partial charge is 0.506 e. The highest BCUT2D eigenvalue weighted by Crippen LogP contribution is 2.40. The van der Waals surface area contributed by atoms with Gasteiger partial charge < -0.3 is 5.11 Å². The van der Waals surface area contributed by atoms with Gasteiger partial charge in [0.15, 0.2) is 0 Å². The summed E-state index contributed by atoms with van der Waals surface area (Å²) in [5.41, 5.74) is -1.10. The third-order valence-corrected chi connectivity index (χ3v) is 2.00. The molecule has 1 aromatic carbocycles. The molecule has 80 valence electrons. The molecule has 2 nitrogen and oxygen atoms in total. The van der Waals surface area contributed by atoms with Crippen LogP contribution in [0.4, 0.5) is 13.2 Å². The number of rotatable bonds is 1. The Morgan fingerprint density at radius 2 is 2.00 bits per heavy atom. The van der Waals surface area contributed by atoms with Crippen molar-refractivity contribution in [2.24, 2.45) is 0 Å². The Kier molecular flexibility index (Phi) is 3.10. The van der Waals surface area contributed by atoms with Crippen molar-refractivity contribution in [3.63, 3.8) is 0 Å². The van der Waals surface area contributed by atoms with Crippen molar-refractivity contribution < 1.29 is 18.3 Å². The predicted octanol–water partition coefficient (Wildman–Crippen LogP) is 3.13. The summed E-state index contributed by atoms with van der Waals surface area (Å²) in [5.74, 6) is -1.01.